The Morgan fingerprint density at radius 3 is 2.36 bits per heavy atom. The summed E-state index contributed by atoms with van der Waals surface area (Å²) in [4.78, 5) is 37.2. The number of methoxy groups -OCH3 is 3. The van der Waals surface area contributed by atoms with Gasteiger partial charge in [-0.05, 0) is 36.4 Å². The minimum absolute atomic E-state index is 0.148. The molecule has 25 heavy (non-hydrogen) atoms. The third-order valence-electron chi connectivity index (χ3n) is 3.54. The fraction of sp³-hybridized carbons (Fsp3) is 0.312. The van der Waals surface area contributed by atoms with Crippen LogP contribution in [0.1, 0.15) is 12.5 Å². The predicted octanol–water partition coefficient (Wildman–Crippen LogP) is 2.96. The molecule has 0 aliphatic carbocycles. The van der Waals surface area contributed by atoms with E-state index in [1.54, 1.807) is 12.1 Å². The monoisotopic (exact) mass is 385 g/mol. The van der Waals surface area contributed by atoms with Gasteiger partial charge in [-0.25, -0.2) is 4.79 Å². The van der Waals surface area contributed by atoms with Crippen LogP contribution in [0.15, 0.2) is 17.0 Å². The Labute approximate surface area is 153 Å². The van der Waals surface area contributed by atoms with Gasteiger partial charge in [0.15, 0.2) is 11.5 Å². The number of hydrogen-bond donors (Lipinski definition) is 0. The molecule has 2 rings (SSSR count). The molecule has 1 aromatic rings. The number of nitrogens with zero attached hydrogens (tertiary/aromatic N) is 1. The number of carbonyl (C=O) groups is 3. The van der Waals surface area contributed by atoms with Crippen molar-refractivity contribution in [3.8, 4) is 11.5 Å². The fourth-order valence-corrected chi connectivity index (χ4v) is 3.32. The highest BCUT2D eigenvalue weighted by Gasteiger charge is 2.41. The zero-order valence-corrected chi connectivity index (χ0v) is 15.6. The maximum absolute atomic E-state index is 12.5. The van der Waals surface area contributed by atoms with Crippen molar-refractivity contribution in [1.29, 1.82) is 0 Å². The minimum atomic E-state index is -1.01. The van der Waals surface area contributed by atoms with Crippen molar-refractivity contribution in [1.82, 2.24) is 4.90 Å². The lowest BCUT2D eigenvalue weighted by Crippen LogP contribution is -2.42. The summed E-state index contributed by atoms with van der Waals surface area (Å²) < 4.78 is 14.9. The summed E-state index contributed by atoms with van der Waals surface area (Å²) in [6, 6.07) is 2.14. The smallest absolute Gasteiger partial charge is 0.328 e. The predicted molar refractivity (Wildman–Crippen MR) is 93.8 cm³/mol. The lowest BCUT2D eigenvalue weighted by molar-refractivity contribution is -0.148. The highest BCUT2D eigenvalue weighted by molar-refractivity contribution is 8.18. The van der Waals surface area contributed by atoms with Crippen LogP contribution in [0.2, 0.25) is 5.02 Å². The van der Waals surface area contributed by atoms with E-state index in [0.29, 0.717) is 22.1 Å². The number of ether oxygens (including phenoxy) is 3. The van der Waals surface area contributed by atoms with E-state index in [-0.39, 0.29) is 4.91 Å². The first-order chi connectivity index (χ1) is 11.8. The molecule has 0 radical (unpaired) electrons. The molecule has 0 N–H and O–H groups in total. The molecule has 0 bridgehead atoms. The van der Waals surface area contributed by atoms with Gasteiger partial charge in [-0.3, -0.25) is 14.5 Å². The molecule has 1 aromatic carbocycles. The first-order valence-electron chi connectivity index (χ1n) is 7.10. The van der Waals surface area contributed by atoms with Crippen LogP contribution in [0.3, 0.4) is 0 Å². The molecule has 0 aromatic heterocycles. The molecule has 0 saturated carbocycles. The maximum atomic E-state index is 12.5. The Morgan fingerprint density at radius 1 is 1.20 bits per heavy atom. The van der Waals surface area contributed by atoms with Crippen molar-refractivity contribution in [3.05, 3.63) is 27.6 Å². The van der Waals surface area contributed by atoms with Gasteiger partial charge in [0.25, 0.3) is 11.1 Å². The van der Waals surface area contributed by atoms with Crippen LogP contribution >= 0.6 is 23.4 Å². The number of benzene rings is 1. The second-order valence-electron chi connectivity index (χ2n) is 4.98. The number of amides is 2. The van der Waals surface area contributed by atoms with E-state index in [4.69, 9.17) is 21.1 Å². The molecule has 7 nitrogen and oxygen atoms in total. The normalized spacial score (nSPS) is 17.0. The average Bonchev–Trinajstić information content (AvgIpc) is 2.88. The highest BCUT2D eigenvalue weighted by Crippen LogP contribution is 2.38. The number of rotatable bonds is 5. The Bertz CT molecular complexity index is 763. The van der Waals surface area contributed by atoms with Crippen molar-refractivity contribution < 1.29 is 28.6 Å². The van der Waals surface area contributed by atoms with E-state index in [1.165, 1.54) is 34.3 Å². The standard InChI is InChI=1S/C16H16ClNO6S/c1-8(15(20)24-4)18-14(19)13(25-16(18)21)6-9-5-11(22-2)12(23-3)7-10(9)17/h5-8H,1-4H3/b13-6+. The van der Waals surface area contributed by atoms with E-state index in [1.807, 2.05) is 0 Å². The van der Waals surface area contributed by atoms with E-state index in [9.17, 15) is 14.4 Å². The third-order valence-corrected chi connectivity index (χ3v) is 4.75. The summed E-state index contributed by atoms with van der Waals surface area (Å²) >= 11 is 6.92. The molecule has 1 aliphatic heterocycles. The van der Waals surface area contributed by atoms with E-state index >= 15 is 0 Å². The van der Waals surface area contributed by atoms with E-state index < -0.39 is 23.2 Å². The molecule has 1 heterocycles. The topological polar surface area (TPSA) is 82.1 Å². The Balaban J connectivity index is 2.38. The van der Waals surface area contributed by atoms with Crippen LogP contribution in [0.25, 0.3) is 6.08 Å². The van der Waals surface area contributed by atoms with Gasteiger partial charge in [0.1, 0.15) is 6.04 Å². The Morgan fingerprint density at radius 2 is 1.80 bits per heavy atom. The largest absolute Gasteiger partial charge is 0.493 e. The summed E-state index contributed by atoms with van der Waals surface area (Å²) in [5.74, 6) is -0.385. The molecule has 0 spiro atoms. The molecule has 1 atom stereocenters. The second kappa shape index (κ2) is 7.79. The lowest BCUT2D eigenvalue weighted by Gasteiger charge is -2.18. The summed E-state index contributed by atoms with van der Waals surface area (Å²) in [7, 11) is 4.14. The van der Waals surface area contributed by atoms with Crippen LogP contribution in [0.5, 0.6) is 11.5 Å². The fourth-order valence-electron chi connectivity index (χ4n) is 2.21. The van der Waals surface area contributed by atoms with Gasteiger partial charge in [0, 0.05) is 6.07 Å². The molecule has 1 aliphatic rings. The van der Waals surface area contributed by atoms with Gasteiger partial charge < -0.3 is 14.2 Å². The zero-order valence-electron chi connectivity index (χ0n) is 14.0. The molecular weight excluding hydrogens is 370 g/mol. The van der Waals surface area contributed by atoms with Crippen LogP contribution in [0, 0.1) is 0 Å². The zero-order chi connectivity index (χ0) is 18.7. The number of thioether (sulfide) groups is 1. The molecule has 9 heteroatoms. The molecule has 2 amide bonds. The lowest BCUT2D eigenvalue weighted by atomic mass is 10.1. The maximum Gasteiger partial charge on any atom is 0.328 e. The summed E-state index contributed by atoms with van der Waals surface area (Å²) in [5, 5.41) is -0.226. The van der Waals surface area contributed by atoms with E-state index in [0.717, 1.165) is 16.7 Å². The minimum Gasteiger partial charge on any atom is -0.493 e. The van der Waals surface area contributed by atoms with Crippen LogP contribution in [-0.2, 0) is 14.3 Å². The van der Waals surface area contributed by atoms with Crippen molar-refractivity contribution >= 4 is 46.6 Å². The van der Waals surface area contributed by atoms with Gasteiger partial charge in [-0.2, -0.15) is 0 Å². The van der Waals surface area contributed by atoms with Crippen LogP contribution < -0.4 is 9.47 Å². The second-order valence-corrected chi connectivity index (χ2v) is 6.38. The SMILES string of the molecule is COC(=O)C(C)N1C(=O)S/C(=C/c2cc(OC)c(OC)cc2Cl)C1=O. The first kappa shape index (κ1) is 19.1. The van der Waals surface area contributed by atoms with Gasteiger partial charge >= 0.3 is 5.97 Å². The number of hydrogen-bond acceptors (Lipinski definition) is 7. The van der Waals surface area contributed by atoms with Crippen molar-refractivity contribution in [2.24, 2.45) is 0 Å². The quantitative estimate of drug-likeness (QED) is 0.569. The number of carbonyl (C=O) groups excluding carboxylic acids is 3. The molecule has 1 unspecified atom stereocenters. The molecule has 1 saturated heterocycles. The van der Waals surface area contributed by atoms with E-state index in [2.05, 4.69) is 4.74 Å². The molecular formula is C16H16ClNO6S. The molecule has 134 valence electrons. The number of esters is 1. The summed E-state index contributed by atoms with van der Waals surface area (Å²) in [5.41, 5.74) is 0.482. The van der Waals surface area contributed by atoms with Gasteiger partial charge in [-0.15, -0.1) is 0 Å². The number of halogens is 1. The van der Waals surface area contributed by atoms with Crippen molar-refractivity contribution in [2.75, 3.05) is 21.3 Å². The molecule has 1 fully saturated rings. The van der Waals surface area contributed by atoms with Gasteiger partial charge in [-0.1, -0.05) is 11.6 Å². The third kappa shape index (κ3) is 3.74. The first-order valence-corrected chi connectivity index (χ1v) is 8.29. The van der Waals surface area contributed by atoms with Gasteiger partial charge in [0.05, 0.1) is 31.3 Å². The van der Waals surface area contributed by atoms with Crippen LogP contribution in [0.4, 0.5) is 4.79 Å². The van der Waals surface area contributed by atoms with Crippen molar-refractivity contribution in [3.63, 3.8) is 0 Å². The average molecular weight is 386 g/mol. The highest BCUT2D eigenvalue weighted by atomic mass is 35.5. The summed E-state index contributed by atoms with van der Waals surface area (Å²) in [6.45, 7) is 1.43. The summed E-state index contributed by atoms with van der Waals surface area (Å²) in [6.07, 6.45) is 1.47. The Kier molecular flexibility index (Phi) is 5.97. The van der Waals surface area contributed by atoms with Crippen molar-refractivity contribution in [2.45, 2.75) is 13.0 Å². The number of imide groups is 1. The van der Waals surface area contributed by atoms with Gasteiger partial charge in [0.2, 0.25) is 0 Å². The Hall–Kier alpha value is -2.19. The van der Waals surface area contributed by atoms with Crippen LogP contribution in [-0.4, -0.2) is 49.4 Å².